The van der Waals surface area contributed by atoms with Crippen molar-refractivity contribution in [3.63, 3.8) is 0 Å². The Morgan fingerprint density at radius 3 is 2.23 bits per heavy atom. The molecule has 5 atom stereocenters. The molecule has 13 nitrogen and oxygen atoms in total. The zero-order valence-corrected chi connectivity index (χ0v) is 25.5. The van der Waals surface area contributed by atoms with Crippen molar-refractivity contribution in [2.45, 2.75) is 90.0 Å². The van der Waals surface area contributed by atoms with Gasteiger partial charge in [-0.15, -0.1) is 0 Å². The van der Waals surface area contributed by atoms with Gasteiger partial charge in [-0.2, -0.15) is 0 Å². The van der Waals surface area contributed by atoms with E-state index >= 15 is 0 Å². The van der Waals surface area contributed by atoms with Crippen LogP contribution in [-0.4, -0.2) is 87.2 Å². The second-order valence-electron chi connectivity index (χ2n) is 12.4. The van der Waals surface area contributed by atoms with Gasteiger partial charge in [0.15, 0.2) is 0 Å². The van der Waals surface area contributed by atoms with Gasteiger partial charge >= 0.3 is 5.97 Å². The van der Waals surface area contributed by atoms with Crippen molar-refractivity contribution < 1.29 is 33.9 Å². The summed E-state index contributed by atoms with van der Waals surface area (Å²) in [6.45, 7) is 7.49. The average molecular weight is 611 g/mol. The topological polar surface area (TPSA) is 190 Å². The normalized spacial score (nSPS) is 25.6. The van der Waals surface area contributed by atoms with E-state index in [1.807, 2.05) is 38.1 Å². The number of rotatable bonds is 7. The fraction of sp³-hybridized carbons (Fsp3) is 0.548. The molecule has 5 amide bonds. The van der Waals surface area contributed by atoms with Gasteiger partial charge in [0.2, 0.25) is 29.5 Å². The minimum absolute atomic E-state index is 0.00858. The minimum Gasteiger partial charge on any atom is -0.481 e. The Hall–Kier alpha value is -4.42. The molecule has 1 unspecified atom stereocenters. The van der Waals surface area contributed by atoms with Crippen molar-refractivity contribution >= 4 is 46.4 Å². The van der Waals surface area contributed by atoms with Gasteiger partial charge in [0, 0.05) is 30.1 Å². The number of H-pyrrole nitrogens is 1. The minimum atomic E-state index is -1.48. The predicted molar refractivity (Wildman–Crippen MR) is 161 cm³/mol. The number of aromatic nitrogens is 1. The van der Waals surface area contributed by atoms with E-state index in [2.05, 4.69) is 26.3 Å². The van der Waals surface area contributed by atoms with Crippen LogP contribution in [0.1, 0.15) is 58.9 Å². The number of carboxylic acids is 1. The molecule has 44 heavy (non-hydrogen) atoms. The lowest BCUT2D eigenvalue weighted by molar-refractivity contribution is -0.146. The van der Waals surface area contributed by atoms with Gasteiger partial charge in [0.05, 0.1) is 6.42 Å². The van der Waals surface area contributed by atoms with Crippen LogP contribution in [0.15, 0.2) is 30.5 Å². The molecule has 4 rings (SSSR count). The van der Waals surface area contributed by atoms with E-state index in [1.54, 1.807) is 20.0 Å². The van der Waals surface area contributed by atoms with Crippen LogP contribution in [0.2, 0.25) is 0 Å². The molecular formula is C31H42N6O7. The Morgan fingerprint density at radius 1 is 0.886 bits per heavy atom. The highest BCUT2D eigenvalue weighted by molar-refractivity contribution is 5.99. The molecule has 6 N–H and O–H groups in total. The van der Waals surface area contributed by atoms with Crippen LogP contribution in [0.25, 0.3) is 10.9 Å². The number of hydrogen-bond acceptors (Lipinski definition) is 6. The van der Waals surface area contributed by atoms with Crippen molar-refractivity contribution in [2.75, 3.05) is 6.54 Å². The molecule has 2 aromatic rings. The molecule has 0 spiro atoms. The largest absolute Gasteiger partial charge is 0.481 e. The van der Waals surface area contributed by atoms with Crippen LogP contribution in [0, 0.1) is 11.8 Å². The van der Waals surface area contributed by atoms with Crippen LogP contribution >= 0.6 is 0 Å². The molecule has 1 aromatic heterocycles. The van der Waals surface area contributed by atoms with Gasteiger partial charge in [0.25, 0.3) is 0 Å². The third kappa shape index (κ3) is 7.56. The molecule has 0 bridgehead atoms. The monoisotopic (exact) mass is 610 g/mol. The van der Waals surface area contributed by atoms with Crippen LogP contribution in [0.4, 0.5) is 0 Å². The smallest absolute Gasteiger partial charge is 0.305 e. The van der Waals surface area contributed by atoms with Gasteiger partial charge in [-0.3, -0.25) is 28.8 Å². The summed E-state index contributed by atoms with van der Waals surface area (Å²) in [5.41, 5.74) is 1.55. The first-order valence-corrected chi connectivity index (χ1v) is 15.1. The first-order valence-electron chi connectivity index (χ1n) is 15.1. The van der Waals surface area contributed by atoms with Crippen molar-refractivity contribution in [2.24, 2.45) is 11.8 Å². The summed E-state index contributed by atoms with van der Waals surface area (Å²) in [4.78, 5) is 84.4. The van der Waals surface area contributed by atoms with Gasteiger partial charge < -0.3 is 36.3 Å². The summed E-state index contributed by atoms with van der Waals surface area (Å²) in [5, 5.41) is 21.3. The number of benzene rings is 1. The summed E-state index contributed by atoms with van der Waals surface area (Å²) in [6, 6.07) is 1.79. The number of aliphatic carboxylic acids is 1. The molecule has 2 saturated heterocycles. The van der Waals surface area contributed by atoms with Crippen molar-refractivity contribution in [3.05, 3.63) is 36.0 Å². The second-order valence-corrected chi connectivity index (χ2v) is 12.4. The number of nitrogens with zero attached hydrogens (tertiary/aromatic N) is 1. The SMILES string of the molecule is CC(C)C[C@H]1NC(=O)[C@H](C(C)C)NC(=O)[C@H]2CCCN2C(=O)C(CC(=O)O)NC(=O)[C@H](Cc2c[nH]c3ccccc23)NC1=O. The number of hydrogen-bond donors (Lipinski definition) is 6. The number of nitrogens with one attached hydrogen (secondary N) is 5. The summed E-state index contributed by atoms with van der Waals surface area (Å²) in [7, 11) is 0. The molecule has 238 valence electrons. The number of para-hydroxylation sites is 1. The number of carbonyl (C=O) groups excluding carboxylic acids is 5. The van der Waals surface area contributed by atoms with Crippen molar-refractivity contribution in [1.82, 2.24) is 31.2 Å². The molecule has 2 aliphatic heterocycles. The molecule has 0 aliphatic carbocycles. The molecule has 0 radical (unpaired) electrons. The number of carboxylic acid groups (broad SMARTS) is 1. The Kier molecular flexibility index (Phi) is 10.3. The second kappa shape index (κ2) is 13.9. The van der Waals surface area contributed by atoms with E-state index < -0.39 is 72.1 Å². The molecular weight excluding hydrogens is 568 g/mol. The Bertz CT molecular complexity index is 1420. The van der Waals surface area contributed by atoms with Gasteiger partial charge in [-0.1, -0.05) is 45.9 Å². The maximum Gasteiger partial charge on any atom is 0.305 e. The van der Waals surface area contributed by atoms with E-state index in [9.17, 15) is 33.9 Å². The first-order chi connectivity index (χ1) is 20.8. The number of fused-ring (bicyclic) bond motifs is 2. The Labute approximate surface area is 255 Å². The average Bonchev–Trinajstić information content (AvgIpc) is 3.61. The third-order valence-electron chi connectivity index (χ3n) is 8.15. The van der Waals surface area contributed by atoms with Crippen molar-refractivity contribution in [3.8, 4) is 0 Å². The number of aromatic amines is 1. The quantitative estimate of drug-likeness (QED) is 0.268. The molecule has 0 saturated carbocycles. The number of carbonyl (C=O) groups is 6. The molecule has 3 heterocycles. The summed E-state index contributed by atoms with van der Waals surface area (Å²) < 4.78 is 0. The zero-order chi connectivity index (χ0) is 32.1. The zero-order valence-electron chi connectivity index (χ0n) is 25.5. The van der Waals surface area contributed by atoms with Gasteiger partial charge in [-0.25, -0.2) is 0 Å². The van der Waals surface area contributed by atoms with E-state index in [0.29, 0.717) is 12.8 Å². The number of amides is 5. The van der Waals surface area contributed by atoms with Gasteiger partial charge in [0.1, 0.15) is 30.2 Å². The standard InChI is InChI=1S/C31H42N6O7/c1-16(2)12-21-27(40)33-22(13-18-15-32-20-9-6-5-8-19(18)20)28(41)35-23(14-25(38)39)31(44)37-11-7-10-24(37)29(42)36-26(17(3)4)30(43)34-21/h5-6,8-9,15-17,21-24,26,32H,7,10-14H2,1-4H3,(H,33,40)(H,34,43)(H,35,41)(H,36,42)(H,38,39)/t21-,22+,23?,24-,26+/m1/s1. The lowest BCUT2D eigenvalue weighted by atomic mass is 9.98. The third-order valence-corrected chi connectivity index (χ3v) is 8.15. The van der Waals surface area contributed by atoms with Gasteiger partial charge in [-0.05, 0) is 42.7 Å². The molecule has 1 aromatic carbocycles. The Balaban J connectivity index is 1.76. The molecule has 2 aliphatic rings. The van der Waals surface area contributed by atoms with Crippen molar-refractivity contribution in [1.29, 1.82) is 0 Å². The highest BCUT2D eigenvalue weighted by atomic mass is 16.4. The van der Waals surface area contributed by atoms with E-state index in [1.165, 1.54) is 4.90 Å². The summed E-state index contributed by atoms with van der Waals surface area (Å²) in [5.74, 6) is -4.86. The van der Waals surface area contributed by atoms with E-state index in [-0.39, 0.29) is 31.2 Å². The molecule has 13 heteroatoms. The fourth-order valence-electron chi connectivity index (χ4n) is 5.90. The first kappa shape index (κ1) is 32.5. The van der Waals surface area contributed by atoms with Crippen LogP contribution in [0.5, 0.6) is 0 Å². The van der Waals surface area contributed by atoms with Crippen LogP contribution in [0.3, 0.4) is 0 Å². The highest BCUT2D eigenvalue weighted by Gasteiger charge is 2.41. The molecule has 2 fully saturated rings. The summed E-state index contributed by atoms with van der Waals surface area (Å²) in [6.07, 6.45) is 2.11. The lowest BCUT2D eigenvalue weighted by Crippen LogP contribution is -2.59. The predicted octanol–water partition coefficient (Wildman–Crippen LogP) is 0.831. The highest BCUT2D eigenvalue weighted by Crippen LogP contribution is 2.22. The maximum absolute atomic E-state index is 13.8. The van der Waals surface area contributed by atoms with E-state index in [0.717, 1.165) is 16.5 Å². The van der Waals surface area contributed by atoms with Crippen LogP contribution in [-0.2, 0) is 35.2 Å². The Morgan fingerprint density at radius 2 is 1.55 bits per heavy atom. The maximum atomic E-state index is 13.8. The van der Waals surface area contributed by atoms with Crippen LogP contribution < -0.4 is 21.3 Å². The van der Waals surface area contributed by atoms with E-state index in [4.69, 9.17) is 0 Å². The lowest BCUT2D eigenvalue weighted by Gasteiger charge is -2.30. The summed E-state index contributed by atoms with van der Waals surface area (Å²) >= 11 is 0. The fourth-order valence-corrected chi connectivity index (χ4v) is 5.90.